The lowest BCUT2D eigenvalue weighted by molar-refractivity contribution is -0.144. The van der Waals surface area contributed by atoms with Gasteiger partial charge in [-0.2, -0.15) is 0 Å². The molecule has 2 aromatic carbocycles. The molecule has 2 heterocycles. The minimum Gasteiger partial charge on any atom is -0.377 e. The van der Waals surface area contributed by atoms with E-state index in [1.807, 2.05) is 38.1 Å². The van der Waals surface area contributed by atoms with Crippen molar-refractivity contribution in [3.63, 3.8) is 0 Å². The van der Waals surface area contributed by atoms with Crippen LogP contribution in [-0.2, 0) is 9.53 Å². The standard InChI is InChI=1S/C28H38Cl2N4O2/c1-19-5-7-24(26(30)15-19)20(2)31-27-16-22(6-8-25(27)29)33-11-9-21(10-12-33)28(35)34-13-14-36-23(18-34)17-32(3)4/h5-8,15-16,20-21,23,31H,9-14,17-18H2,1-4H3/t20?,23-/m0/s1. The van der Waals surface area contributed by atoms with E-state index in [0.717, 1.165) is 60.0 Å². The first kappa shape index (κ1) is 27.1. The summed E-state index contributed by atoms with van der Waals surface area (Å²) in [6.07, 6.45) is 1.81. The van der Waals surface area contributed by atoms with Gasteiger partial charge >= 0.3 is 0 Å². The van der Waals surface area contributed by atoms with Gasteiger partial charge in [0.2, 0.25) is 5.91 Å². The molecule has 2 aliphatic rings. The van der Waals surface area contributed by atoms with Gasteiger partial charge in [-0.1, -0.05) is 35.3 Å². The second-order valence-electron chi connectivity index (χ2n) is 10.4. The molecule has 1 N–H and O–H groups in total. The topological polar surface area (TPSA) is 48.1 Å². The summed E-state index contributed by atoms with van der Waals surface area (Å²) < 4.78 is 5.85. The van der Waals surface area contributed by atoms with Crippen LogP contribution in [0.4, 0.5) is 11.4 Å². The molecule has 2 aromatic rings. The van der Waals surface area contributed by atoms with E-state index in [9.17, 15) is 4.79 Å². The maximum absolute atomic E-state index is 13.2. The predicted octanol–water partition coefficient (Wildman–Crippen LogP) is 5.48. The fourth-order valence-electron chi connectivity index (χ4n) is 5.19. The van der Waals surface area contributed by atoms with E-state index < -0.39 is 0 Å². The normalized spacial score (nSPS) is 20.0. The number of carbonyl (C=O) groups excluding carboxylic acids is 1. The summed E-state index contributed by atoms with van der Waals surface area (Å²) in [5.41, 5.74) is 4.18. The zero-order valence-electron chi connectivity index (χ0n) is 21.8. The van der Waals surface area contributed by atoms with Crippen LogP contribution in [0.15, 0.2) is 36.4 Å². The zero-order valence-corrected chi connectivity index (χ0v) is 23.3. The van der Waals surface area contributed by atoms with Crippen LogP contribution in [0, 0.1) is 12.8 Å². The first-order valence-electron chi connectivity index (χ1n) is 12.8. The number of nitrogens with one attached hydrogen (secondary N) is 1. The van der Waals surface area contributed by atoms with Crippen molar-refractivity contribution in [2.75, 3.05) is 63.6 Å². The summed E-state index contributed by atoms with van der Waals surface area (Å²) in [5.74, 6) is 0.358. The van der Waals surface area contributed by atoms with Crippen molar-refractivity contribution >= 4 is 40.5 Å². The Labute approximate surface area is 225 Å². The van der Waals surface area contributed by atoms with Crippen molar-refractivity contribution < 1.29 is 9.53 Å². The average Bonchev–Trinajstić information content (AvgIpc) is 2.85. The number of ether oxygens (including phenoxy) is 1. The number of likely N-dealkylation sites (N-methyl/N-ethyl adjacent to an activating group) is 1. The lowest BCUT2D eigenvalue weighted by Gasteiger charge is -2.39. The molecule has 36 heavy (non-hydrogen) atoms. The summed E-state index contributed by atoms with van der Waals surface area (Å²) in [6.45, 7) is 8.66. The Morgan fingerprint density at radius 2 is 1.86 bits per heavy atom. The average molecular weight is 534 g/mol. The number of nitrogens with zero attached hydrogens (tertiary/aromatic N) is 3. The van der Waals surface area contributed by atoms with Crippen LogP contribution in [0.3, 0.4) is 0 Å². The van der Waals surface area contributed by atoms with Crippen LogP contribution in [0.5, 0.6) is 0 Å². The third kappa shape index (κ3) is 6.65. The Hall–Kier alpha value is -1.99. The molecule has 1 amide bonds. The number of rotatable bonds is 7. The van der Waals surface area contributed by atoms with Gasteiger partial charge in [0.1, 0.15) is 0 Å². The van der Waals surface area contributed by atoms with Crippen molar-refractivity contribution in [3.8, 4) is 0 Å². The Morgan fingerprint density at radius 1 is 1.11 bits per heavy atom. The Kier molecular flexibility index (Phi) is 9.05. The van der Waals surface area contributed by atoms with E-state index in [1.54, 1.807) is 0 Å². The van der Waals surface area contributed by atoms with Gasteiger partial charge in [0.05, 0.1) is 29.5 Å². The minimum atomic E-state index is 0.0130. The van der Waals surface area contributed by atoms with Gasteiger partial charge < -0.3 is 24.8 Å². The van der Waals surface area contributed by atoms with E-state index >= 15 is 0 Å². The van der Waals surface area contributed by atoms with E-state index in [-0.39, 0.29) is 24.0 Å². The molecule has 1 unspecified atom stereocenters. The van der Waals surface area contributed by atoms with E-state index in [4.69, 9.17) is 27.9 Å². The molecule has 196 valence electrons. The van der Waals surface area contributed by atoms with Gasteiger partial charge in [0.25, 0.3) is 0 Å². The number of anilines is 2. The summed E-state index contributed by atoms with van der Waals surface area (Å²) in [6, 6.07) is 12.2. The van der Waals surface area contributed by atoms with Crippen molar-refractivity contribution in [2.24, 2.45) is 5.92 Å². The summed E-state index contributed by atoms with van der Waals surface area (Å²) >= 11 is 13.0. The molecule has 0 radical (unpaired) electrons. The Bertz CT molecular complexity index is 1060. The van der Waals surface area contributed by atoms with Crippen LogP contribution in [0.25, 0.3) is 0 Å². The third-order valence-electron chi connectivity index (χ3n) is 7.17. The lowest BCUT2D eigenvalue weighted by Crippen LogP contribution is -2.51. The highest BCUT2D eigenvalue weighted by atomic mass is 35.5. The number of hydrogen-bond donors (Lipinski definition) is 1. The molecular weight excluding hydrogens is 495 g/mol. The van der Waals surface area contributed by atoms with Gasteiger partial charge in [0.15, 0.2) is 0 Å². The fraction of sp³-hybridized carbons (Fsp3) is 0.536. The van der Waals surface area contributed by atoms with Crippen molar-refractivity contribution in [2.45, 2.75) is 38.8 Å². The second kappa shape index (κ2) is 12.0. The first-order valence-corrected chi connectivity index (χ1v) is 13.6. The molecule has 0 spiro atoms. The molecule has 0 saturated carbocycles. The molecule has 2 saturated heterocycles. The highest BCUT2D eigenvalue weighted by molar-refractivity contribution is 6.33. The molecule has 2 aliphatic heterocycles. The Balaban J connectivity index is 1.36. The van der Waals surface area contributed by atoms with Crippen molar-refractivity contribution in [3.05, 3.63) is 57.6 Å². The quantitative estimate of drug-likeness (QED) is 0.511. The lowest BCUT2D eigenvalue weighted by atomic mass is 9.94. The van der Waals surface area contributed by atoms with E-state index in [0.29, 0.717) is 24.7 Å². The van der Waals surface area contributed by atoms with Gasteiger partial charge in [-0.3, -0.25) is 4.79 Å². The van der Waals surface area contributed by atoms with Crippen LogP contribution in [-0.4, -0.2) is 75.2 Å². The van der Waals surface area contributed by atoms with Gasteiger partial charge in [-0.15, -0.1) is 0 Å². The van der Waals surface area contributed by atoms with Gasteiger partial charge in [-0.25, -0.2) is 0 Å². The number of amides is 1. The third-order valence-corrected chi connectivity index (χ3v) is 7.83. The highest BCUT2D eigenvalue weighted by Crippen LogP contribution is 2.34. The molecule has 6 nitrogen and oxygen atoms in total. The summed E-state index contributed by atoms with van der Waals surface area (Å²) in [4.78, 5) is 19.7. The number of hydrogen-bond acceptors (Lipinski definition) is 5. The van der Waals surface area contributed by atoms with Crippen molar-refractivity contribution in [1.29, 1.82) is 0 Å². The van der Waals surface area contributed by atoms with E-state index in [2.05, 4.69) is 46.3 Å². The number of morpholine rings is 1. The number of benzene rings is 2. The maximum Gasteiger partial charge on any atom is 0.225 e. The van der Waals surface area contributed by atoms with E-state index in [1.165, 1.54) is 0 Å². The molecule has 4 rings (SSSR count). The first-order chi connectivity index (χ1) is 17.2. The van der Waals surface area contributed by atoms with Crippen LogP contribution >= 0.6 is 23.2 Å². The van der Waals surface area contributed by atoms with Gasteiger partial charge in [-0.05, 0) is 76.2 Å². The van der Waals surface area contributed by atoms with Crippen LogP contribution in [0.2, 0.25) is 10.0 Å². The maximum atomic E-state index is 13.2. The number of halogens is 2. The molecule has 2 fully saturated rings. The number of carbonyl (C=O) groups is 1. The molecular formula is C28H38Cl2N4O2. The molecule has 0 aliphatic carbocycles. The molecule has 0 aromatic heterocycles. The smallest absolute Gasteiger partial charge is 0.225 e. The summed E-state index contributed by atoms with van der Waals surface area (Å²) in [7, 11) is 4.08. The highest BCUT2D eigenvalue weighted by Gasteiger charge is 2.32. The number of piperidine rings is 1. The monoisotopic (exact) mass is 532 g/mol. The largest absolute Gasteiger partial charge is 0.377 e. The zero-order chi connectivity index (χ0) is 25.8. The second-order valence-corrected chi connectivity index (χ2v) is 11.2. The molecule has 0 bridgehead atoms. The summed E-state index contributed by atoms with van der Waals surface area (Å²) in [5, 5.41) is 4.97. The van der Waals surface area contributed by atoms with Crippen LogP contribution in [0.1, 0.15) is 36.9 Å². The minimum absolute atomic E-state index is 0.0130. The SMILES string of the molecule is Cc1ccc(C(C)Nc2cc(N3CCC(C(=O)N4CCO[C@@H](CN(C)C)C4)CC3)ccc2Cl)c(Cl)c1. The Morgan fingerprint density at radius 3 is 2.56 bits per heavy atom. The number of aryl methyl sites for hydroxylation is 1. The van der Waals surface area contributed by atoms with Gasteiger partial charge in [0, 0.05) is 49.4 Å². The molecule has 8 heteroatoms. The fourth-order valence-corrected chi connectivity index (χ4v) is 5.77. The predicted molar refractivity (Wildman–Crippen MR) is 149 cm³/mol. The van der Waals surface area contributed by atoms with Crippen LogP contribution < -0.4 is 10.2 Å². The van der Waals surface area contributed by atoms with Crippen molar-refractivity contribution in [1.82, 2.24) is 9.80 Å². The molecule has 2 atom stereocenters.